The van der Waals surface area contributed by atoms with Gasteiger partial charge in [0.05, 0.1) is 0 Å². The Bertz CT molecular complexity index is 341. The Labute approximate surface area is 81.1 Å². The van der Waals surface area contributed by atoms with Gasteiger partial charge in [-0.15, -0.1) is 0 Å². The van der Waals surface area contributed by atoms with Crippen LogP contribution in [-0.4, -0.2) is 19.1 Å². The zero-order valence-electron chi connectivity index (χ0n) is 7.63. The molecule has 2 rings (SSSR count). The van der Waals surface area contributed by atoms with Gasteiger partial charge in [-0.1, -0.05) is 0 Å². The van der Waals surface area contributed by atoms with E-state index in [1.165, 1.54) is 6.07 Å². The molecule has 0 aliphatic carbocycles. The van der Waals surface area contributed by atoms with E-state index in [2.05, 4.69) is 5.32 Å². The van der Waals surface area contributed by atoms with Crippen LogP contribution in [0.4, 0.5) is 8.78 Å². The maximum atomic E-state index is 13.3. The van der Waals surface area contributed by atoms with E-state index < -0.39 is 5.82 Å². The Kier molecular flexibility index (Phi) is 2.48. The monoisotopic (exact) mass is 198 g/mol. The van der Waals surface area contributed by atoms with E-state index in [1.807, 2.05) is 0 Å². The summed E-state index contributed by atoms with van der Waals surface area (Å²) in [6.45, 7) is 1.27. The Morgan fingerprint density at radius 3 is 2.71 bits per heavy atom. The van der Waals surface area contributed by atoms with E-state index in [0.717, 1.165) is 12.1 Å². The van der Waals surface area contributed by atoms with Gasteiger partial charge in [0, 0.05) is 25.0 Å². The maximum Gasteiger partial charge on any atom is 0.126 e. The lowest BCUT2D eigenvalue weighted by molar-refractivity contribution is 0.550. The Morgan fingerprint density at radius 2 is 2.07 bits per heavy atom. The van der Waals surface area contributed by atoms with Gasteiger partial charge in [-0.25, -0.2) is 8.78 Å². The molecule has 76 valence electrons. The highest BCUT2D eigenvalue weighted by molar-refractivity contribution is 5.26. The van der Waals surface area contributed by atoms with Gasteiger partial charge in [0.2, 0.25) is 0 Å². The van der Waals surface area contributed by atoms with Crippen molar-refractivity contribution < 1.29 is 8.78 Å². The molecule has 1 aromatic carbocycles. The minimum absolute atomic E-state index is 0.120. The summed E-state index contributed by atoms with van der Waals surface area (Å²) >= 11 is 0. The quantitative estimate of drug-likeness (QED) is 0.706. The largest absolute Gasteiger partial charge is 0.326 e. The third kappa shape index (κ3) is 1.63. The number of nitrogens with one attached hydrogen (secondary N) is 1. The van der Waals surface area contributed by atoms with Crippen molar-refractivity contribution in [3.05, 3.63) is 35.4 Å². The van der Waals surface area contributed by atoms with Crippen molar-refractivity contribution in [1.29, 1.82) is 0 Å². The lowest BCUT2D eigenvalue weighted by Gasteiger charge is -2.15. The first kappa shape index (κ1) is 9.55. The van der Waals surface area contributed by atoms with E-state index in [-0.39, 0.29) is 17.8 Å². The van der Waals surface area contributed by atoms with E-state index in [1.54, 1.807) is 0 Å². The van der Waals surface area contributed by atoms with Crippen LogP contribution >= 0.6 is 0 Å². The highest BCUT2D eigenvalue weighted by Gasteiger charge is 2.27. The van der Waals surface area contributed by atoms with E-state index in [9.17, 15) is 8.78 Å². The van der Waals surface area contributed by atoms with Crippen molar-refractivity contribution in [3.8, 4) is 0 Å². The lowest BCUT2D eigenvalue weighted by Crippen LogP contribution is -2.28. The second-order valence-corrected chi connectivity index (χ2v) is 3.59. The van der Waals surface area contributed by atoms with Crippen molar-refractivity contribution in [3.63, 3.8) is 0 Å². The molecule has 4 heteroatoms. The summed E-state index contributed by atoms with van der Waals surface area (Å²) < 4.78 is 26.2. The molecule has 1 saturated heterocycles. The molecule has 0 radical (unpaired) electrons. The zero-order valence-corrected chi connectivity index (χ0v) is 7.63. The SMILES string of the molecule is N[C@@H]1CNC[C@H]1c1cc(F)ccc1F. The Balaban J connectivity index is 2.34. The minimum atomic E-state index is -0.416. The molecule has 3 N–H and O–H groups in total. The van der Waals surface area contributed by atoms with E-state index >= 15 is 0 Å². The number of hydrogen-bond acceptors (Lipinski definition) is 2. The van der Waals surface area contributed by atoms with Crippen LogP contribution in [0.15, 0.2) is 18.2 Å². The predicted octanol–water partition coefficient (Wildman–Crippen LogP) is 0.979. The van der Waals surface area contributed by atoms with Crippen LogP contribution in [0.5, 0.6) is 0 Å². The molecule has 1 aromatic rings. The van der Waals surface area contributed by atoms with Gasteiger partial charge < -0.3 is 11.1 Å². The van der Waals surface area contributed by atoms with Crippen LogP contribution in [0.1, 0.15) is 11.5 Å². The first-order valence-corrected chi connectivity index (χ1v) is 4.59. The number of halogens is 2. The van der Waals surface area contributed by atoms with Gasteiger partial charge in [-0.3, -0.25) is 0 Å². The number of hydrogen-bond donors (Lipinski definition) is 2. The first-order valence-electron chi connectivity index (χ1n) is 4.59. The molecule has 0 spiro atoms. The first-order chi connectivity index (χ1) is 6.68. The maximum absolute atomic E-state index is 13.3. The van der Waals surface area contributed by atoms with Gasteiger partial charge in [0.25, 0.3) is 0 Å². The van der Waals surface area contributed by atoms with Crippen LogP contribution in [-0.2, 0) is 0 Å². The molecule has 0 unspecified atom stereocenters. The summed E-state index contributed by atoms with van der Waals surface area (Å²) in [5.41, 5.74) is 6.16. The summed E-state index contributed by atoms with van der Waals surface area (Å²) in [7, 11) is 0. The summed E-state index contributed by atoms with van der Waals surface area (Å²) in [5, 5.41) is 3.05. The zero-order chi connectivity index (χ0) is 10.1. The summed E-state index contributed by atoms with van der Waals surface area (Å²) in [6.07, 6.45) is 0. The van der Waals surface area contributed by atoms with Gasteiger partial charge in [0.1, 0.15) is 11.6 Å². The Morgan fingerprint density at radius 1 is 1.29 bits per heavy atom. The van der Waals surface area contributed by atoms with Crippen molar-refractivity contribution >= 4 is 0 Å². The third-order valence-electron chi connectivity index (χ3n) is 2.62. The average molecular weight is 198 g/mol. The third-order valence-corrected chi connectivity index (χ3v) is 2.62. The van der Waals surface area contributed by atoms with Crippen molar-refractivity contribution in [2.75, 3.05) is 13.1 Å². The Hall–Kier alpha value is -1.00. The predicted molar refractivity (Wildman–Crippen MR) is 49.9 cm³/mol. The molecule has 2 nitrogen and oxygen atoms in total. The van der Waals surface area contributed by atoms with Crippen LogP contribution in [0.2, 0.25) is 0 Å². The molecule has 1 heterocycles. The molecule has 0 aromatic heterocycles. The minimum Gasteiger partial charge on any atom is -0.326 e. The normalized spacial score (nSPS) is 26.8. The number of benzene rings is 1. The second-order valence-electron chi connectivity index (χ2n) is 3.59. The summed E-state index contributed by atoms with van der Waals surface area (Å²) in [5.74, 6) is -0.915. The molecule has 14 heavy (non-hydrogen) atoms. The second kappa shape index (κ2) is 3.63. The molecule has 1 aliphatic rings. The summed E-state index contributed by atoms with van der Waals surface area (Å²) in [4.78, 5) is 0. The molecule has 1 fully saturated rings. The fraction of sp³-hybridized carbons (Fsp3) is 0.400. The number of nitrogens with two attached hydrogens (primary N) is 1. The molecular formula is C10H12F2N2. The van der Waals surface area contributed by atoms with E-state index in [0.29, 0.717) is 18.7 Å². The van der Waals surface area contributed by atoms with Gasteiger partial charge in [-0.05, 0) is 23.8 Å². The van der Waals surface area contributed by atoms with Gasteiger partial charge >= 0.3 is 0 Å². The molecule has 0 saturated carbocycles. The van der Waals surface area contributed by atoms with Crippen LogP contribution in [0.25, 0.3) is 0 Å². The van der Waals surface area contributed by atoms with Crippen LogP contribution in [0.3, 0.4) is 0 Å². The topological polar surface area (TPSA) is 38.0 Å². The van der Waals surface area contributed by atoms with E-state index in [4.69, 9.17) is 5.73 Å². The summed E-state index contributed by atoms with van der Waals surface area (Å²) in [6, 6.07) is 3.36. The smallest absolute Gasteiger partial charge is 0.126 e. The van der Waals surface area contributed by atoms with Crippen molar-refractivity contribution in [2.45, 2.75) is 12.0 Å². The molecule has 0 amide bonds. The number of rotatable bonds is 1. The van der Waals surface area contributed by atoms with Crippen molar-refractivity contribution in [2.24, 2.45) is 5.73 Å². The highest BCUT2D eigenvalue weighted by Crippen LogP contribution is 2.24. The molecular weight excluding hydrogens is 186 g/mol. The standard InChI is InChI=1S/C10H12F2N2/c11-6-1-2-9(12)7(3-6)8-4-14-5-10(8)13/h1-3,8,10,14H,4-5,13H2/t8-,10+/m0/s1. The average Bonchev–Trinajstić information content (AvgIpc) is 2.56. The van der Waals surface area contributed by atoms with Crippen LogP contribution in [0, 0.1) is 11.6 Å². The fourth-order valence-corrected chi connectivity index (χ4v) is 1.84. The highest BCUT2D eigenvalue weighted by atomic mass is 19.1. The molecule has 2 atom stereocenters. The lowest BCUT2D eigenvalue weighted by atomic mass is 9.94. The van der Waals surface area contributed by atoms with Gasteiger partial charge in [0.15, 0.2) is 0 Å². The van der Waals surface area contributed by atoms with Crippen molar-refractivity contribution in [1.82, 2.24) is 5.32 Å². The van der Waals surface area contributed by atoms with Gasteiger partial charge in [-0.2, -0.15) is 0 Å². The van der Waals surface area contributed by atoms with Crippen LogP contribution < -0.4 is 11.1 Å². The molecule has 0 bridgehead atoms. The fourth-order valence-electron chi connectivity index (χ4n) is 1.84. The molecule has 1 aliphatic heterocycles.